The van der Waals surface area contributed by atoms with E-state index in [1.807, 2.05) is 31.2 Å². The molecule has 166 valence electrons. The summed E-state index contributed by atoms with van der Waals surface area (Å²) in [5, 5.41) is 13.2. The Balaban J connectivity index is 1.32. The number of ether oxygens (including phenoxy) is 1. The molecule has 3 aromatic heterocycles. The number of thioether (sulfide) groups is 1. The number of hydrogen-bond donors (Lipinski definition) is 2. The topological polar surface area (TPSA) is 92.8 Å². The Morgan fingerprint density at radius 1 is 1.25 bits per heavy atom. The van der Waals surface area contributed by atoms with E-state index in [0.29, 0.717) is 16.9 Å². The molecule has 0 bridgehead atoms. The molecular formula is C22H23N5O2S3. The van der Waals surface area contributed by atoms with Crippen LogP contribution in [0.2, 0.25) is 0 Å². The van der Waals surface area contributed by atoms with E-state index in [1.165, 1.54) is 21.8 Å². The molecule has 2 atom stereocenters. The molecule has 0 saturated carbocycles. The molecule has 0 saturated heterocycles. The van der Waals surface area contributed by atoms with Gasteiger partial charge in [-0.25, -0.2) is 4.98 Å². The maximum absolute atomic E-state index is 12.9. The molecule has 32 heavy (non-hydrogen) atoms. The fraction of sp³-hybridized carbons (Fsp3) is 0.364. The van der Waals surface area contributed by atoms with E-state index in [2.05, 4.69) is 27.4 Å². The summed E-state index contributed by atoms with van der Waals surface area (Å²) in [5.41, 5.74) is 2.10. The molecule has 0 amide bonds. The predicted octanol–water partition coefficient (Wildman–Crippen LogP) is 5.57. The molecule has 0 radical (unpaired) electrons. The van der Waals surface area contributed by atoms with Crippen LogP contribution in [0.1, 0.15) is 41.8 Å². The maximum atomic E-state index is 12.9. The summed E-state index contributed by atoms with van der Waals surface area (Å²) in [7, 11) is 1.64. The average molecular weight is 486 g/mol. The van der Waals surface area contributed by atoms with Crippen LogP contribution in [0.4, 0.5) is 10.8 Å². The Hall–Kier alpha value is -2.43. The van der Waals surface area contributed by atoms with Crippen molar-refractivity contribution in [3.63, 3.8) is 0 Å². The number of rotatable bonds is 6. The molecule has 0 fully saturated rings. The predicted molar refractivity (Wildman–Crippen MR) is 132 cm³/mol. The summed E-state index contributed by atoms with van der Waals surface area (Å²) in [4.78, 5) is 22.9. The van der Waals surface area contributed by atoms with Crippen LogP contribution in [0.15, 0.2) is 33.4 Å². The van der Waals surface area contributed by atoms with E-state index >= 15 is 0 Å². The molecule has 1 aliphatic carbocycles. The standard InChI is InChI=1S/C22H23N5O2S3/c1-11-4-9-15-16(10-11)31-20-17(15)19(28)24-18(25-20)12(2)30-22-27-26-21(32-22)23-13-5-7-14(29-3)8-6-13/h5-8,11-12H,4,9-10H2,1-3H3,(H,23,26)(H,24,25,28). The lowest BCUT2D eigenvalue weighted by molar-refractivity contribution is 0.415. The van der Waals surface area contributed by atoms with Crippen LogP contribution in [0.5, 0.6) is 5.75 Å². The lowest BCUT2D eigenvalue weighted by atomic mass is 9.89. The minimum Gasteiger partial charge on any atom is -0.497 e. The second-order valence-corrected chi connectivity index (χ2v) is 11.6. The average Bonchev–Trinajstić information content (AvgIpc) is 3.37. The number of methoxy groups -OCH3 is 1. The third kappa shape index (κ3) is 4.26. The summed E-state index contributed by atoms with van der Waals surface area (Å²) < 4.78 is 6.00. The Bertz CT molecular complexity index is 1310. The van der Waals surface area contributed by atoms with Crippen molar-refractivity contribution in [3.05, 3.63) is 50.9 Å². The third-order valence-electron chi connectivity index (χ3n) is 5.59. The van der Waals surface area contributed by atoms with Gasteiger partial charge >= 0.3 is 0 Å². The van der Waals surface area contributed by atoms with E-state index in [4.69, 9.17) is 9.72 Å². The highest BCUT2D eigenvalue weighted by Crippen LogP contribution is 2.39. The van der Waals surface area contributed by atoms with Crippen LogP contribution in [0.25, 0.3) is 10.2 Å². The van der Waals surface area contributed by atoms with Crippen LogP contribution < -0.4 is 15.6 Å². The Morgan fingerprint density at radius 2 is 2.06 bits per heavy atom. The van der Waals surface area contributed by atoms with Gasteiger partial charge in [-0.15, -0.1) is 21.5 Å². The molecule has 1 aromatic carbocycles. The van der Waals surface area contributed by atoms with Gasteiger partial charge in [0.2, 0.25) is 5.13 Å². The zero-order valence-corrected chi connectivity index (χ0v) is 20.4. The van der Waals surface area contributed by atoms with E-state index in [0.717, 1.165) is 45.3 Å². The normalized spacial score (nSPS) is 16.7. The first-order valence-electron chi connectivity index (χ1n) is 10.5. The minimum absolute atomic E-state index is 0.0244. The number of aromatic amines is 1. The van der Waals surface area contributed by atoms with Crippen molar-refractivity contribution in [3.8, 4) is 5.75 Å². The number of aromatic nitrogens is 4. The van der Waals surface area contributed by atoms with Crippen molar-refractivity contribution in [1.29, 1.82) is 0 Å². The SMILES string of the molecule is COc1ccc(Nc2nnc(SC(C)c3nc4sc5c(c4c(=O)[nH]3)CCC(C)C5)s2)cc1. The van der Waals surface area contributed by atoms with Crippen LogP contribution in [0.3, 0.4) is 0 Å². The number of aryl methyl sites for hydroxylation is 1. The van der Waals surface area contributed by atoms with E-state index < -0.39 is 0 Å². The number of nitrogens with zero attached hydrogens (tertiary/aromatic N) is 3. The van der Waals surface area contributed by atoms with Gasteiger partial charge in [0.1, 0.15) is 16.4 Å². The molecule has 0 spiro atoms. The molecule has 5 rings (SSSR count). The highest BCUT2D eigenvalue weighted by molar-refractivity contribution is 8.01. The largest absolute Gasteiger partial charge is 0.497 e. The smallest absolute Gasteiger partial charge is 0.259 e. The zero-order valence-electron chi connectivity index (χ0n) is 18.0. The van der Waals surface area contributed by atoms with Crippen molar-refractivity contribution in [1.82, 2.24) is 20.2 Å². The molecule has 4 aromatic rings. The second-order valence-electron chi connectivity index (χ2n) is 7.97. The molecule has 2 unspecified atom stereocenters. The first-order chi connectivity index (χ1) is 15.5. The molecule has 10 heteroatoms. The number of H-pyrrole nitrogens is 1. The van der Waals surface area contributed by atoms with Gasteiger partial charge in [0.05, 0.1) is 17.7 Å². The van der Waals surface area contributed by atoms with Crippen LogP contribution in [-0.4, -0.2) is 27.3 Å². The first-order valence-corrected chi connectivity index (χ1v) is 13.0. The Kier molecular flexibility index (Phi) is 5.92. The molecule has 3 heterocycles. The van der Waals surface area contributed by atoms with Gasteiger partial charge in [-0.1, -0.05) is 30.0 Å². The van der Waals surface area contributed by atoms with Gasteiger partial charge in [0.15, 0.2) is 4.34 Å². The van der Waals surface area contributed by atoms with Crippen molar-refractivity contribution < 1.29 is 4.74 Å². The molecular weight excluding hydrogens is 462 g/mol. The van der Waals surface area contributed by atoms with Gasteiger partial charge in [-0.3, -0.25) is 4.79 Å². The van der Waals surface area contributed by atoms with E-state index in [1.54, 1.807) is 30.2 Å². The highest BCUT2D eigenvalue weighted by Gasteiger charge is 2.24. The van der Waals surface area contributed by atoms with Crippen LogP contribution in [-0.2, 0) is 12.8 Å². The second kappa shape index (κ2) is 8.84. The van der Waals surface area contributed by atoms with Crippen LogP contribution in [0, 0.1) is 5.92 Å². The van der Waals surface area contributed by atoms with Gasteiger partial charge in [-0.05, 0) is 61.9 Å². The zero-order chi connectivity index (χ0) is 22.2. The minimum atomic E-state index is -0.0491. The van der Waals surface area contributed by atoms with Gasteiger partial charge in [0, 0.05) is 10.6 Å². The Morgan fingerprint density at radius 3 is 2.84 bits per heavy atom. The van der Waals surface area contributed by atoms with Gasteiger partial charge < -0.3 is 15.0 Å². The number of benzene rings is 1. The van der Waals surface area contributed by atoms with Crippen molar-refractivity contribution in [2.45, 2.75) is 42.7 Å². The molecule has 1 aliphatic rings. The van der Waals surface area contributed by atoms with Crippen molar-refractivity contribution in [2.24, 2.45) is 5.92 Å². The highest BCUT2D eigenvalue weighted by atomic mass is 32.2. The van der Waals surface area contributed by atoms with E-state index in [-0.39, 0.29) is 10.8 Å². The lowest BCUT2D eigenvalue weighted by Crippen LogP contribution is -2.15. The number of hydrogen-bond acceptors (Lipinski definition) is 9. The van der Waals surface area contributed by atoms with Crippen LogP contribution >= 0.6 is 34.4 Å². The quantitative estimate of drug-likeness (QED) is 0.345. The number of nitrogens with one attached hydrogen (secondary N) is 2. The molecule has 0 aliphatic heterocycles. The summed E-state index contributed by atoms with van der Waals surface area (Å²) in [5.74, 6) is 2.15. The number of thiophene rings is 1. The van der Waals surface area contributed by atoms with E-state index in [9.17, 15) is 4.79 Å². The monoisotopic (exact) mass is 485 g/mol. The van der Waals surface area contributed by atoms with Crippen molar-refractivity contribution >= 4 is 55.5 Å². The fourth-order valence-electron chi connectivity index (χ4n) is 3.87. The lowest BCUT2D eigenvalue weighted by Gasteiger charge is -2.17. The summed E-state index contributed by atoms with van der Waals surface area (Å²) in [6.45, 7) is 4.30. The van der Waals surface area contributed by atoms with Gasteiger partial charge in [-0.2, -0.15) is 0 Å². The molecule has 2 N–H and O–H groups in total. The number of fused-ring (bicyclic) bond motifs is 3. The fourth-order valence-corrected chi connectivity index (χ4v) is 7.23. The first kappa shape index (κ1) is 21.4. The number of anilines is 2. The Labute approximate surface area is 197 Å². The van der Waals surface area contributed by atoms with Gasteiger partial charge in [0.25, 0.3) is 5.56 Å². The third-order valence-corrected chi connectivity index (χ3v) is 8.77. The summed E-state index contributed by atoms with van der Waals surface area (Å²) in [6, 6.07) is 7.65. The maximum Gasteiger partial charge on any atom is 0.259 e. The van der Waals surface area contributed by atoms with Crippen molar-refractivity contribution in [2.75, 3.05) is 12.4 Å². The summed E-state index contributed by atoms with van der Waals surface area (Å²) >= 11 is 4.69. The summed E-state index contributed by atoms with van der Waals surface area (Å²) in [6.07, 6.45) is 3.15. The molecule has 7 nitrogen and oxygen atoms in total.